The van der Waals surface area contributed by atoms with Crippen LogP contribution >= 0.6 is 0 Å². The number of nitrogens with one attached hydrogen (secondary N) is 2. The van der Waals surface area contributed by atoms with Crippen LogP contribution in [0.4, 0.5) is 0 Å². The number of aliphatic carboxylic acids is 2. The number of hydrogen-bond donors (Lipinski definition) is 4. The summed E-state index contributed by atoms with van der Waals surface area (Å²) in [4.78, 5) is 32.6. The molecular formula is C17H31N3O5. The fraction of sp³-hybridized carbons (Fsp3) is 0.824. The minimum Gasteiger partial charge on any atom is -0.473 e. The highest BCUT2D eigenvalue weighted by Gasteiger charge is 2.22. The summed E-state index contributed by atoms with van der Waals surface area (Å²) < 4.78 is 0. The third kappa shape index (κ3) is 8.83. The first-order valence-electron chi connectivity index (χ1n) is 9.14. The Morgan fingerprint density at radius 2 is 1.64 bits per heavy atom. The molecule has 1 aliphatic carbocycles. The van der Waals surface area contributed by atoms with Crippen LogP contribution in [0, 0.1) is 0 Å². The maximum absolute atomic E-state index is 11.8. The fourth-order valence-electron chi connectivity index (χ4n) is 3.42. The summed E-state index contributed by atoms with van der Waals surface area (Å²) in [6.45, 7) is 5.99. The Morgan fingerprint density at radius 3 is 2.20 bits per heavy atom. The maximum atomic E-state index is 11.8. The number of likely N-dealkylation sites (tertiary alicyclic amines) is 1. The number of carbonyl (C=O) groups excluding carboxylic acids is 1. The molecule has 8 nitrogen and oxygen atoms in total. The van der Waals surface area contributed by atoms with Crippen LogP contribution < -0.4 is 10.6 Å². The Balaban J connectivity index is 0.000000450. The Bertz CT molecular complexity index is 426. The second-order valence-electron chi connectivity index (χ2n) is 6.57. The average Bonchev–Trinajstić information content (AvgIpc) is 3.03. The van der Waals surface area contributed by atoms with Crippen molar-refractivity contribution in [2.24, 2.45) is 0 Å². The smallest absolute Gasteiger partial charge is 0.414 e. The van der Waals surface area contributed by atoms with E-state index in [4.69, 9.17) is 19.8 Å². The minimum atomic E-state index is -1.82. The Morgan fingerprint density at radius 1 is 1.00 bits per heavy atom. The molecule has 2 rings (SSSR count). The van der Waals surface area contributed by atoms with E-state index >= 15 is 0 Å². The zero-order valence-corrected chi connectivity index (χ0v) is 15.0. The number of carbonyl (C=O) groups is 3. The van der Waals surface area contributed by atoms with Gasteiger partial charge in [0.15, 0.2) is 0 Å². The average molecular weight is 357 g/mol. The standard InChI is InChI=1S/C15H29N3O.C2H2O4/c1-2-18-10-6-9-14(18)11-16-12-15(19)17-13-7-4-3-5-8-13;3-1(4)2(5)6/h13-14,16H,2-12H2,1H3,(H,17,19);(H,3,4)(H,5,6). The Kier molecular flexibility index (Phi) is 10.1. The highest BCUT2D eigenvalue weighted by atomic mass is 16.4. The topological polar surface area (TPSA) is 119 Å². The second-order valence-corrected chi connectivity index (χ2v) is 6.57. The van der Waals surface area contributed by atoms with Crippen molar-refractivity contribution >= 4 is 17.8 Å². The number of carboxylic acids is 2. The van der Waals surface area contributed by atoms with Crippen molar-refractivity contribution in [3.05, 3.63) is 0 Å². The normalized spacial score (nSPS) is 21.2. The Labute approximate surface area is 149 Å². The first-order valence-corrected chi connectivity index (χ1v) is 9.14. The summed E-state index contributed by atoms with van der Waals surface area (Å²) >= 11 is 0. The molecule has 1 aliphatic heterocycles. The molecule has 2 aliphatic rings. The number of carboxylic acid groups (broad SMARTS) is 2. The molecule has 1 atom stereocenters. The number of amides is 1. The van der Waals surface area contributed by atoms with Crippen molar-refractivity contribution in [3.8, 4) is 0 Å². The van der Waals surface area contributed by atoms with Crippen LogP contribution in [0.2, 0.25) is 0 Å². The van der Waals surface area contributed by atoms with Gasteiger partial charge in [-0.15, -0.1) is 0 Å². The van der Waals surface area contributed by atoms with Gasteiger partial charge in [-0.1, -0.05) is 26.2 Å². The van der Waals surface area contributed by atoms with Gasteiger partial charge in [0.05, 0.1) is 6.54 Å². The molecule has 25 heavy (non-hydrogen) atoms. The van der Waals surface area contributed by atoms with Crippen molar-refractivity contribution in [1.29, 1.82) is 0 Å². The van der Waals surface area contributed by atoms with E-state index in [1.165, 1.54) is 38.6 Å². The third-order valence-corrected chi connectivity index (χ3v) is 4.72. The molecule has 1 amide bonds. The van der Waals surface area contributed by atoms with Crippen molar-refractivity contribution in [3.63, 3.8) is 0 Å². The van der Waals surface area contributed by atoms with E-state index in [0.29, 0.717) is 18.6 Å². The van der Waals surface area contributed by atoms with E-state index in [2.05, 4.69) is 22.5 Å². The predicted molar refractivity (Wildman–Crippen MR) is 93.4 cm³/mol. The summed E-state index contributed by atoms with van der Waals surface area (Å²) in [7, 11) is 0. The highest BCUT2D eigenvalue weighted by molar-refractivity contribution is 6.27. The molecule has 0 aromatic carbocycles. The van der Waals surface area contributed by atoms with E-state index in [0.717, 1.165) is 25.9 Å². The number of rotatable bonds is 6. The molecule has 0 radical (unpaired) electrons. The molecule has 2 fully saturated rings. The molecule has 144 valence electrons. The third-order valence-electron chi connectivity index (χ3n) is 4.72. The molecule has 8 heteroatoms. The zero-order valence-electron chi connectivity index (χ0n) is 15.0. The van der Waals surface area contributed by atoms with Gasteiger partial charge in [0, 0.05) is 18.6 Å². The largest absolute Gasteiger partial charge is 0.473 e. The van der Waals surface area contributed by atoms with Crippen LogP contribution in [-0.2, 0) is 14.4 Å². The van der Waals surface area contributed by atoms with Gasteiger partial charge in [0.1, 0.15) is 0 Å². The lowest BCUT2D eigenvalue weighted by molar-refractivity contribution is -0.159. The van der Waals surface area contributed by atoms with Gasteiger partial charge >= 0.3 is 11.9 Å². The van der Waals surface area contributed by atoms with Crippen LogP contribution in [0.1, 0.15) is 51.9 Å². The van der Waals surface area contributed by atoms with Gasteiger partial charge in [-0.3, -0.25) is 9.69 Å². The summed E-state index contributed by atoms with van der Waals surface area (Å²) in [5.41, 5.74) is 0. The molecule has 0 aromatic rings. The number of nitrogens with zero attached hydrogens (tertiary/aromatic N) is 1. The van der Waals surface area contributed by atoms with Crippen LogP contribution in [0.5, 0.6) is 0 Å². The second kappa shape index (κ2) is 11.8. The predicted octanol–water partition coefficient (Wildman–Crippen LogP) is 0.665. The van der Waals surface area contributed by atoms with Gasteiger partial charge in [-0.2, -0.15) is 0 Å². The molecule has 0 bridgehead atoms. The van der Waals surface area contributed by atoms with Crippen molar-refractivity contribution < 1.29 is 24.6 Å². The van der Waals surface area contributed by atoms with E-state index < -0.39 is 11.9 Å². The summed E-state index contributed by atoms with van der Waals surface area (Å²) in [5.74, 6) is -3.47. The molecule has 1 saturated heterocycles. The summed E-state index contributed by atoms with van der Waals surface area (Å²) in [6.07, 6.45) is 8.77. The van der Waals surface area contributed by atoms with E-state index in [1.807, 2.05) is 0 Å². The van der Waals surface area contributed by atoms with Gasteiger partial charge in [-0.25, -0.2) is 9.59 Å². The lowest BCUT2D eigenvalue weighted by Crippen LogP contribution is -2.44. The lowest BCUT2D eigenvalue weighted by atomic mass is 9.95. The van der Waals surface area contributed by atoms with Crippen LogP contribution in [0.3, 0.4) is 0 Å². The molecule has 1 unspecified atom stereocenters. The SMILES string of the molecule is CCN1CCCC1CNCC(=O)NC1CCCCC1.O=C(O)C(=O)O. The maximum Gasteiger partial charge on any atom is 0.414 e. The molecular weight excluding hydrogens is 326 g/mol. The summed E-state index contributed by atoms with van der Waals surface area (Å²) in [5, 5.41) is 21.3. The van der Waals surface area contributed by atoms with Crippen molar-refractivity contribution in [2.75, 3.05) is 26.2 Å². The van der Waals surface area contributed by atoms with Gasteiger partial charge in [0.2, 0.25) is 5.91 Å². The van der Waals surface area contributed by atoms with Crippen LogP contribution in [-0.4, -0.2) is 71.2 Å². The van der Waals surface area contributed by atoms with E-state index in [-0.39, 0.29) is 5.91 Å². The quantitative estimate of drug-likeness (QED) is 0.516. The minimum absolute atomic E-state index is 0.174. The zero-order chi connectivity index (χ0) is 18.7. The molecule has 4 N–H and O–H groups in total. The first kappa shape index (κ1) is 21.4. The molecule has 0 aromatic heterocycles. The highest BCUT2D eigenvalue weighted by Crippen LogP contribution is 2.17. The van der Waals surface area contributed by atoms with E-state index in [1.54, 1.807) is 0 Å². The molecule has 0 spiro atoms. The molecule has 1 heterocycles. The monoisotopic (exact) mass is 357 g/mol. The summed E-state index contributed by atoms with van der Waals surface area (Å²) in [6, 6.07) is 1.06. The van der Waals surface area contributed by atoms with Gasteiger partial charge in [0.25, 0.3) is 0 Å². The van der Waals surface area contributed by atoms with Crippen molar-refractivity contribution in [2.45, 2.75) is 64.0 Å². The van der Waals surface area contributed by atoms with Crippen LogP contribution in [0.25, 0.3) is 0 Å². The number of likely N-dealkylation sites (N-methyl/N-ethyl adjacent to an activating group) is 1. The Hall–Kier alpha value is -1.67. The van der Waals surface area contributed by atoms with Gasteiger partial charge in [-0.05, 0) is 38.8 Å². The van der Waals surface area contributed by atoms with Gasteiger partial charge < -0.3 is 20.8 Å². The van der Waals surface area contributed by atoms with Crippen molar-refractivity contribution in [1.82, 2.24) is 15.5 Å². The molecule has 1 saturated carbocycles. The van der Waals surface area contributed by atoms with Crippen LogP contribution in [0.15, 0.2) is 0 Å². The lowest BCUT2D eigenvalue weighted by Gasteiger charge is -2.24. The first-order chi connectivity index (χ1) is 11.9. The number of hydrogen-bond acceptors (Lipinski definition) is 5. The van der Waals surface area contributed by atoms with E-state index in [9.17, 15) is 4.79 Å². The fourth-order valence-corrected chi connectivity index (χ4v) is 3.42.